The van der Waals surface area contributed by atoms with E-state index in [2.05, 4.69) is 43.0 Å². The lowest BCUT2D eigenvalue weighted by Crippen LogP contribution is -2.48. The second kappa shape index (κ2) is 6.89. The van der Waals surface area contributed by atoms with Gasteiger partial charge in [0.15, 0.2) is 0 Å². The molecule has 1 aliphatic rings. The number of ether oxygens (including phenoxy) is 1. The van der Waals surface area contributed by atoms with Crippen molar-refractivity contribution in [3.8, 4) is 0 Å². The smallest absolute Gasteiger partial charge is 0.307 e. The molecule has 0 bridgehead atoms. The van der Waals surface area contributed by atoms with Gasteiger partial charge >= 0.3 is 5.97 Å². The van der Waals surface area contributed by atoms with Crippen LogP contribution in [0, 0.1) is 11.8 Å². The molecular formula is C17H25NO2. The number of piperidine rings is 1. The summed E-state index contributed by atoms with van der Waals surface area (Å²) in [5.74, 6) is 1.08. The van der Waals surface area contributed by atoms with Crippen molar-refractivity contribution >= 4 is 5.97 Å². The highest BCUT2D eigenvalue weighted by Gasteiger charge is 2.34. The normalized spacial score (nSPS) is 27.2. The number of rotatable bonds is 4. The van der Waals surface area contributed by atoms with E-state index in [4.69, 9.17) is 4.74 Å². The first-order valence-corrected chi connectivity index (χ1v) is 7.46. The number of methoxy groups -OCH3 is 1. The highest BCUT2D eigenvalue weighted by Crippen LogP contribution is 2.31. The number of carbonyl (C=O) groups excluding carboxylic acids is 1. The van der Waals surface area contributed by atoms with Crippen LogP contribution in [0.1, 0.15) is 32.3 Å². The van der Waals surface area contributed by atoms with E-state index in [9.17, 15) is 4.79 Å². The van der Waals surface area contributed by atoms with Gasteiger partial charge in [-0.05, 0) is 30.4 Å². The third-order valence-electron chi connectivity index (χ3n) is 4.68. The number of nitrogens with zero attached hydrogens (tertiary/aromatic N) is 1. The van der Waals surface area contributed by atoms with E-state index in [0.29, 0.717) is 18.3 Å². The van der Waals surface area contributed by atoms with Crippen molar-refractivity contribution in [2.75, 3.05) is 13.7 Å². The molecule has 1 heterocycles. The third kappa shape index (κ3) is 3.60. The third-order valence-corrected chi connectivity index (χ3v) is 4.68. The molecule has 0 amide bonds. The number of benzene rings is 1. The standard InChI is InChI=1S/C17H25NO2/c1-13-9-10-18(12-15-7-5-4-6-8-15)16(14(13)2)11-17(19)20-3/h4-8,13-14,16H,9-12H2,1-3H3/t13-,14-,16+/m1/s1. The van der Waals surface area contributed by atoms with Crippen LogP contribution < -0.4 is 0 Å². The summed E-state index contributed by atoms with van der Waals surface area (Å²) in [5.41, 5.74) is 1.31. The fourth-order valence-corrected chi connectivity index (χ4v) is 3.09. The van der Waals surface area contributed by atoms with E-state index in [1.807, 2.05) is 6.07 Å². The second-order valence-corrected chi connectivity index (χ2v) is 5.93. The average molecular weight is 275 g/mol. The first-order chi connectivity index (χ1) is 9.61. The Morgan fingerprint density at radius 1 is 1.30 bits per heavy atom. The number of hydrogen-bond acceptors (Lipinski definition) is 3. The summed E-state index contributed by atoms with van der Waals surface area (Å²) in [6.45, 7) is 6.52. The largest absolute Gasteiger partial charge is 0.469 e. The van der Waals surface area contributed by atoms with Crippen molar-refractivity contribution in [3.05, 3.63) is 35.9 Å². The molecule has 0 N–H and O–H groups in total. The lowest BCUT2D eigenvalue weighted by atomic mass is 9.80. The maximum absolute atomic E-state index is 11.7. The average Bonchev–Trinajstić information content (AvgIpc) is 2.47. The van der Waals surface area contributed by atoms with Crippen LogP contribution in [0.5, 0.6) is 0 Å². The molecule has 1 fully saturated rings. The van der Waals surface area contributed by atoms with Crippen LogP contribution in [0.15, 0.2) is 30.3 Å². The molecule has 1 aromatic carbocycles. The maximum atomic E-state index is 11.7. The van der Waals surface area contributed by atoms with Crippen molar-refractivity contribution in [2.45, 2.75) is 39.3 Å². The summed E-state index contributed by atoms with van der Waals surface area (Å²) in [7, 11) is 1.47. The van der Waals surface area contributed by atoms with E-state index in [1.54, 1.807) is 0 Å². The topological polar surface area (TPSA) is 29.5 Å². The minimum atomic E-state index is -0.103. The van der Waals surface area contributed by atoms with Crippen LogP contribution in [-0.2, 0) is 16.1 Å². The van der Waals surface area contributed by atoms with Crippen LogP contribution in [-0.4, -0.2) is 30.6 Å². The first kappa shape index (κ1) is 15.0. The van der Waals surface area contributed by atoms with E-state index in [0.717, 1.165) is 13.1 Å². The fourth-order valence-electron chi connectivity index (χ4n) is 3.09. The highest BCUT2D eigenvalue weighted by molar-refractivity contribution is 5.70. The fraction of sp³-hybridized carbons (Fsp3) is 0.588. The first-order valence-electron chi connectivity index (χ1n) is 7.46. The molecule has 1 saturated heterocycles. The van der Waals surface area contributed by atoms with Gasteiger partial charge in [0.25, 0.3) is 0 Å². The Balaban J connectivity index is 2.09. The summed E-state index contributed by atoms with van der Waals surface area (Å²) >= 11 is 0. The molecule has 0 radical (unpaired) electrons. The predicted molar refractivity (Wildman–Crippen MR) is 80.2 cm³/mol. The Morgan fingerprint density at radius 3 is 2.65 bits per heavy atom. The van der Waals surface area contributed by atoms with E-state index >= 15 is 0 Å². The minimum absolute atomic E-state index is 0.103. The zero-order valence-corrected chi connectivity index (χ0v) is 12.7. The quantitative estimate of drug-likeness (QED) is 0.791. The van der Waals surface area contributed by atoms with Gasteiger partial charge in [-0.3, -0.25) is 9.69 Å². The molecule has 3 nitrogen and oxygen atoms in total. The number of esters is 1. The van der Waals surface area contributed by atoms with Crippen molar-refractivity contribution < 1.29 is 9.53 Å². The SMILES string of the molecule is COC(=O)C[C@H]1[C@H](C)[C@H](C)CCN1Cc1ccccc1. The summed E-state index contributed by atoms with van der Waals surface area (Å²) in [6.07, 6.45) is 1.69. The van der Waals surface area contributed by atoms with E-state index < -0.39 is 0 Å². The van der Waals surface area contributed by atoms with Gasteiger partial charge in [0.1, 0.15) is 0 Å². The maximum Gasteiger partial charge on any atom is 0.307 e. The Hall–Kier alpha value is -1.35. The van der Waals surface area contributed by atoms with Gasteiger partial charge in [0.05, 0.1) is 13.5 Å². The number of likely N-dealkylation sites (tertiary alicyclic amines) is 1. The molecule has 20 heavy (non-hydrogen) atoms. The van der Waals surface area contributed by atoms with Gasteiger partial charge in [-0.1, -0.05) is 44.2 Å². The van der Waals surface area contributed by atoms with E-state index in [1.165, 1.54) is 19.1 Å². The van der Waals surface area contributed by atoms with Crippen LogP contribution in [0.25, 0.3) is 0 Å². The minimum Gasteiger partial charge on any atom is -0.469 e. The summed E-state index contributed by atoms with van der Waals surface area (Å²) in [5, 5.41) is 0. The molecule has 1 aliphatic heterocycles. The Bertz CT molecular complexity index is 432. The molecule has 0 saturated carbocycles. The Morgan fingerprint density at radius 2 is 2.00 bits per heavy atom. The lowest BCUT2D eigenvalue weighted by molar-refractivity contribution is -0.143. The zero-order chi connectivity index (χ0) is 14.5. The van der Waals surface area contributed by atoms with Gasteiger partial charge < -0.3 is 4.74 Å². The monoisotopic (exact) mass is 275 g/mol. The van der Waals surface area contributed by atoms with Crippen molar-refractivity contribution in [2.24, 2.45) is 11.8 Å². The van der Waals surface area contributed by atoms with Crippen LogP contribution in [0.2, 0.25) is 0 Å². The summed E-state index contributed by atoms with van der Waals surface area (Å²) in [4.78, 5) is 14.1. The van der Waals surface area contributed by atoms with Crippen LogP contribution in [0.4, 0.5) is 0 Å². The molecule has 1 aromatic rings. The summed E-state index contributed by atoms with van der Waals surface area (Å²) < 4.78 is 4.87. The predicted octanol–water partition coefficient (Wildman–Crippen LogP) is 3.10. The molecule has 0 aromatic heterocycles. The van der Waals surface area contributed by atoms with Crippen LogP contribution in [0.3, 0.4) is 0 Å². The van der Waals surface area contributed by atoms with E-state index in [-0.39, 0.29) is 12.0 Å². The van der Waals surface area contributed by atoms with Gasteiger partial charge in [0, 0.05) is 12.6 Å². The summed E-state index contributed by atoms with van der Waals surface area (Å²) in [6, 6.07) is 10.8. The molecule has 0 spiro atoms. The van der Waals surface area contributed by atoms with Crippen LogP contribution >= 0.6 is 0 Å². The van der Waals surface area contributed by atoms with Crippen molar-refractivity contribution in [1.29, 1.82) is 0 Å². The number of carbonyl (C=O) groups is 1. The Labute approximate surface area is 121 Å². The molecular weight excluding hydrogens is 250 g/mol. The molecule has 0 aliphatic carbocycles. The second-order valence-electron chi connectivity index (χ2n) is 5.93. The lowest BCUT2D eigenvalue weighted by Gasteiger charge is -2.43. The van der Waals surface area contributed by atoms with Crippen molar-refractivity contribution in [3.63, 3.8) is 0 Å². The van der Waals surface area contributed by atoms with Gasteiger partial charge in [-0.25, -0.2) is 0 Å². The number of hydrogen-bond donors (Lipinski definition) is 0. The Kier molecular flexibility index (Phi) is 5.18. The van der Waals surface area contributed by atoms with Crippen molar-refractivity contribution in [1.82, 2.24) is 4.90 Å². The van der Waals surface area contributed by atoms with Gasteiger partial charge in [0.2, 0.25) is 0 Å². The van der Waals surface area contributed by atoms with Gasteiger partial charge in [-0.15, -0.1) is 0 Å². The molecule has 3 heteroatoms. The zero-order valence-electron chi connectivity index (χ0n) is 12.7. The highest BCUT2D eigenvalue weighted by atomic mass is 16.5. The molecule has 110 valence electrons. The van der Waals surface area contributed by atoms with Gasteiger partial charge in [-0.2, -0.15) is 0 Å². The molecule has 0 unspecified atom stereocenters. The molecule has 3 atom stereocenters. The molecule has 2 rings (SSSR count).